The largest absolute Gasteiger partial charge is 0.351 e. The van der Waals surface area contributed by atoms with E-state index in [1.807, 2.05) is 31.2 Å². The molecule has 1 aliphatic rings. The van der Waals surface area contributed by atoms with E-state index in [1.165, 1.54) is 11.0 Å². The molecular weight excluding hydrogens is 429 g/mol. The molecule has 1 N–H and O–H groups in total. The molecule has 0 radical (unpaired) electrons. The lowest BCUT2D eigenvalue weighted by molar-refractivity contribution is -0.125. The van der Waals surface area contributed by atoms with Crippen molar-refractivity contribution >= 4 is 44.9 Å². The van der Waals surface area contributed by atoms with E-state index in [9.17, 15) is 9.18 Å². The van der Waals surface area contributed by atoms with Crippen LogP contribution in [0.3, 0.4) is 0 Å². The summed E-state index contributed by atoms with van der Waals surface area (Å²) >= 11 is 9.04. The van der Waals surface area contributed by atoms with Crippen LogP contribution >= 0.6 is 28.1 Å². The highest BCUT2D eigenvalue weighted by molar-refractivity contribution is 9.10. The molecule has 140 valence electrons. The molecule has 1 unspecified atom stereocenters. The summed E-state index contributed by atoms with van der Waals surface area (Å²) < 4.78 is 15.4. The lowest BCUT2D eigenvalue weighted by Crippen LogP contribution is -2.49. The molecule has 3 rings (SSSR count). The van der Waals surface area contributed by atoms with E-state index >= 15 is 0 Å². The fourth-order valence-corrected chi connectivity index (χ4v) is 3.88. The van der Waals surface area contributed by atoms with Gasteiger partial charge in [-0.2, -0.15) is 0 Å². The lowest BCUT2D eigenvalue weighted by atomic mass is 9.93. The van der Waals surface area contributed by atoms with Crippen molar-refractivity contribution in [1.29, 1.82) is 0 Å². The molecule has 7 heteroatoms. The van der Waals surface area contributed by atoms with Crippen molar-refractivity contribution in [2.75, 3.05) is 19.0 Å². The second-order valence-corrected chi connectivity index (χ2v) is 7.72. The van der Waals surface area contributed by atoms with Crippen molar-refractivity contribution in [1.82, 2.24) is 10.2 Å². The van der Waals surface area contributed by atoms with E-state index < -0.39 is 6.04 Å². The standard InChI is InChI=1S/C20H19BrFN3OS/c1-12-17(19(26)24(2)3)18(15-9-4-5-10-16(15)22)23-20(27)25(12)14-8-6-7-13(21)11-14/h4-11,18H,1-3H3,(H,23,27). The minimum atomic E-state index is -0.656. The molecule has 0 bridgehead atoms. The van der Waals surface area contributed by atoms with Crippen LogP contribution in [0.2, 0.25) is 0 Å². The van der Waals surface area contributed by atoms with Gasteiger partial charge in [-0.3, -0.25) is 9.69 Å². The van der Waals surface area contributed by atoms with Gasteiger partial charge in [-0.15, -0.1) is 0 Å². The van der Waals surface area contributed by atoms with Crippen LogP contribution in [0.1, 0.15) is 18.5 Å². The zero-order chi connectivity index (χ0) is 19.7. The maximum Gasteiger partial charge on any atom is 0.253 e. The Kier molecular flexibility index (Phi) is 5.62. The van der Waals surface area contributed by atoms with Crippen molar-refractivity contribution in [3.05, 3.63) is 75.7 Å². The summed E-state index contributed by atoms with van der Waals surface area (Å²) in [6, 6.07) is 13.4. The minimum absolute atomic E-state index is 0.198. The number of hydrogen-bond donors (Lipinski definition) is 1. The molecule has 0 aromatic heterocycles. The van der Waals surface area contributed by atoms with Crippen molar-refractivity contribution < 1.29 is 9.18 Å². The third-order valence-corrected chi connectivity index (χ3v) is 5.20. The second kappa shape index (κ2) is 7.78. The van der Waals surface area contributed by atoms with E-state index in [1.54, 1.807) is 37.2 Å². The van der Waals surface area contributed by atoms with E-state index in [0.717, 1.165) is 10.2 Å². The number of anilines is 1. The Hall–Kier alpha value is -2.25. The van der Waals surface area contributed by atoms with Crippen molar-refractivity contribution in [2.45, 2.75) is 13.0 Å². The molecule has 0 spiro atoms. The number of benzene rings is 2. The Balaban J connectivity index is 2.20. The molecule has 27 heavy (non-hydrogen) atoms. The predicted molar refractivity (Wildman–Crippen MR) is 113 cm³/mol. The van der Waals surface area contributed by atoms with Gasteiger partial charge in [0.25, 0.3) is 5.91 Å². The highest BCUT2D eigenvalue weighted by atomic mass is 79.9. The SMILES string of the molecule is CC1=C(C(=O)N(C)C)C(c2ccccc2F)NC(=S)N1c1cccc(Br)c1. The Bertz CT molecular complexity index is 944. The van der Waals surface area contributed by atoms with Crippen LogP contribution in [0.4, 0.5) is 10.1 Å². The molecule has 4 nitrogen and oxygen atoms in total. The van der Waals surface area contributed by atoms with E-state index in [-0.39, 0.29) is 11.7 Å². The third kappa shape index (κ3) is 3.75. The molecule has 0 fully saturated rings. The molecule has 0 aliphatic carbocycles. The molecule has 1 amide bonds. The molecule has 0 saturated carbocycles. The zero-order valence-corrected chi connectivity index (χ0v) is 17.6. The monoisotopic (exact) mass is 447 g/mol. The molecule has 1 atom stereocenters. The smallest absolute Gasteiger partial charge is 0.253 e. The quantitative estimate of drug-likeness (QED) is 0.707. The maximum atomic E-state index is 14.5. The van der Waals surface area contributed by atoms with E-state index in [4.69, 9.17) is 12.2 Å². The van der Waals surface area contributed by atoms with Gasteiger partial charge in [0, 0.05) is 35.5 Å². The summed E-state index contributed by atoms with van der Waals surface area (Å²) in [7, 11) is 3.36. The van der Waals surface area contributed by atoms with Crippen LogP contribution < -0.4 is 10.2 Å². The Morgan fingerprint density at radius 2 is 1.93 bits per heavy atom. The van der Waals surface area contributed by atoms with Gasteiger partial charge >= 0.3 is 0 Å². The molecular formula is C20H19BrFN3OS. The van der Waals surface area contributed by atoms with Gasteiger partial charge in [-0.05, 0) is 43.4 Å². The Morgan fingerprint density at radius 1 is 1.22 bits per heavy atom. The Morgan fingerprint density at radius 3 is 2.56 bits per heavy atom. The summed E-state index contributed by atoms with van der Waals surface area (Å²) in [5.74, 6) is -0.582. The average molecular weight is 448 g/mol. The number of carbonyl (C=O) groups excluding carboxylic acids is 1. The number of nitrogens with one attached hydrogen (secondary N) is 1. The first kappa shape index (κ1) is 19.5. The van der Waals surface area contributed by atoms with Crippen molar-refractivity contribution in [2.24, 2.45) is 0 Å². The summed E-state index contributed by atoms with van der Waals surface area (Å²) in [5.41, 5.74) is 2.33. The van der Waals surface area contributed by atoms with Crippen LogP contribution in [0, 0.1) is 5.82 Å². The second-order valence-electron chi connectivity index (χ2n) is 6.42. The molecule has 2 aromatic rings. The third-order valence-electron chi connectivity index (χ3n) is 4.40. The highest BCUT2D eigenvalue weighted by Gasteiger charge is 2.36. The maximum absolute atomic E-state index is 14.5. The first-order chi connectivity index (χ1) is 12.8. The van der Waals surface area contributed by atoms with E-state index in [0.29, 0.717) is 21.9 Å². The Labute approximate surface area is 171 Å². The topological polar surface area (TPSA) is 35.6 Å². The average Bonchev–Trinajstić information content (AvgIpc) is 2.61. The number of amides is 1. The molecule has 0 saturated heterocycles. The number of halogens is 2. The molecule has 1 aliphatic heterocycles. The van der Waals surface area contributed by atoms with Gasteiger partial charge in [-0.25, -0.2) is 4.39 Å². The van der Waals surface area contributed by atoms with Gasteiger partial charge < -0.3 is 10.2 Å². The normalized spacial score (nSPS) is 17.0. The fourth-order valence-electron chi connectivity index (χ4n) is 3.13. The van der Waals surface area contributed by atoms with Crippen LogP contribution in [0.5, 0.6) is 0 Å². The summed E-state index contributed by atoms with van der Waals surface area (Å²) in [6.07, 6.45) is 0. The lowest BCUT2D eigenvalue weighted by Gasteiger charge is -2.38. The van der Waals surface area contributed by atoms with Gasteiger partial charge in [0.1, 0.15) is 5.82 Å². The number of thiocarbonyl (C=S) groups is 1. The van der Waals surface area contributed by atoms with Crippen LogP contribution in [0.15, 0.2) is 64.3 Å². The number of rotatable bonds is 3. The summed E-state index contributed by atoms with van der Waals surface area (Å²) in [5, 5.41) is 3.57. The first-order valence-electron chi connectivity index (χ1n) is 8.34. The van der Waals surface area contributed by atoms with Crippen molar-refractivity contribution in [3.8, 4) is 0 Å². The fraction of sp³-hybridized carbons (Fsp3) is 0.200. The number of likely N-dealkylation sites (N-methyl/N-ethyl adjacent to an activating group) is 1. The molecule has 2 aromatic carbocycles. The zero-order valence-electron chi connectivity index (χ0n) is 15.2. The van der Waals surface area contributed by atoms with Gasteiger partial charge in [0.2, 0.25) is 0 Å². The number of allylic oxidation sites excluding steroid dienone is 1. The summed E-state index contributed by atoms with van der Waals surface area (Å²) in [4.78, 5) is 16.3. The highest BCUT2D eigenvalue weighted by Crippen LogP contribution is 2.35. The first-order valence-corrected chi connectivity index (χ1v) is 9.54. The number of nitrogens with zero attached hydrogens (tertiary/aromatic N) is 2. The predicted octanol–water partition coefficient (Wildman–Crippen LogP) is 4.39. The summed E-state index contributed by atoms with van der Waals surface area (Å²) in [6.45, 7) is 1.83. The minimum Gasteiger partial charge on any atom is -0.351 e. The van der Waals surface area contributed by atoms with Gasteiger partial charge in [0.05, 0.1) is 11.6 Å². The van der Waals surface area contributed by atoms with E-state index in [2.05, 4.69) is 21.2 Å². The van der Waals surface area contributed by atoms with Gasteiger partial charge in [0.15, 0.2) is 5.11 Å². The molecule has 1 heterocycles. The van der Waals surface area contributed by atoms with Crippen LogP contribution in [-0.2, 0) is 4.79 Å². The van der Waals surface area contributed by atoms with Gasteiger partial charge in [-0.1, -0.05) is 40.2 Å². The van der Waals surface area contributed by atoms with Crippen molar-refractivity contribution in [3.63, 3.8) is 0 Å². The number of hydrogen-bond acceptors (Lipinski definition) is 2. The van der Waals surface area contributed by atoms with Crippen LogP contribution in [0.25, 0.3) is 0 Å². The number of carbonyl (C=O) groups is 1. The van der Waals surface area contributed by atoms with Crippen LogP contribution in [-0.4, -0.2) is 30.0 Å².